The maximum Gasteiger partial charge on any atom is 0.168 e. The molecule has 1 aromatic carbocycles. The lowest BCUT2D eigenvalue weighted by Crippen LogP contribution is -2.11. The molecule has 0 aliphatic carbocycles. The fourth-order valence-corrected chi connectivity index (χ4v) is 2.24. The summed E-state index contributed by atoms with van der Waals surface area (Å²) in [5, 5.41) is 17.5. The van der Waals surface area contributed by atoms with Crippen LogP contribution in [-0.2, 0) is 0 Å². The number of hydrogen-bond acceptors (Lipinski definition) is 4. The molecule has 3 N–H and O–H groups in total. The maximum absolute atomic E-state index is 9.21. The molecule has 0 aliphatic rings. The Morgan fingerprint density at radius 1 is 1.40 bits per heavy atom. The van der Waals surface area contributed by atoms with Gasteiger partial charge in [0, 0.05) is 11.1 Å². The van der Waals surface area contributed by atoms with Gasteiger partial charge in [0.05, 0.1) is 10.7 Å². The molecule has 0 atom stereocenters. The first-order valence-corrected chi connectivity index (χ1v) is 6.70. The van der Waals surface area contributed by atoms with Crippen LogP contribution in [0.3, 0.4) is 0 Å². The average Bonchev–Trinajstić information content (AvgIpc) is 2.65. The van der Waals surface area contributed by atoms with Crippen LogP contribution in [-0.4, -0.2) is 15.8 Å². The number of nitrogens with one attached hydrogen (secondary N) is 1. The summed E-state index contributed by atoms with van der Waals surface area (Å²) in [6.45, 7) is 3.90. The van der Waals surface area contributed by atoms with Crippen molar-refractivity contribution in [2.75, 3.05) is 11.1 Å². The average molecular weight is 310 g/mol. The van der Waals surface area contributed by atoms with Crippen molar-refractivity contribution in [3.63, 3.8) is 0 Å². The fraction of sp³-hybridized carbons (Fsp3) is 0.231. The number of anilines is 2. The van der Waals surface area contributed by atoms with Crippen LogP contribution in [0.15, 0.2) is 18.2 Å². The lowest BCUT2D eigenvalue weighted by Gasteiger charge is -2.07. The lowest BCUT2D eigenvalue weighted by atomic mass is 10.3. The molecule has 5 nitrogen and oxygen atoms in total. The zero-order valence-electron chi connectivity index (χ0n) is 11.0. The summed E-state index contributed by atoms with van der Waals surface area (Å²) in [5.41, 5.74) is 6.84. The van der Waals surface area contributed by atoms with E-state index in [2.05, 4.69) is 16.5 Å². The van der Waals surface area contributed by atoms with Crippen molar-refractivity contribution < 1.29 is 0 Å². The van der Waals surface area contributed by atoms with E-state index in [1.165, 1.54) is 4.68 Å². The molecule has 0 radical (unpaired) electrons. The van der Waals surface area contributed by atoms with Gasteiger partial charge in [0.15, 0.2) is 5.82 Å². The third kappa shape index (κ3) is 2.67. The van der Waals surface area contributed by atoms with Gasteiger partial charge >= 0.3 is 0 Å². The number of rotatable bonds is 3. The van der Waals surface area contributed by atoms with E-state index in [9.17, 15) is 5.26 Å². The molecule has 2 aromatic rings. The van der Waals surface area contributed by atoms with Crippen molar-refractivity contribution in [3.05, 3.63) is 33.8 Å². The van der Waals surface area contributed by atoms with E-state index in [1.807, 2.05) is 13.8 Å². The van der Waals surface area contributed by atoms with Gasteiger partial charge < -0.3 is 11.1 Å². The molecular weight excluding hydrogens is 297 g/mol. The van der Waals surface area contributed by atoms with Crippen molar-refractivity contribution >= 4 is 34.8 Å². The van der Waals surface area contributed by atoms with Crippen molar-refractivity contribution in [1.82, 2.24) is 9.78 Å². The zero-order chi connectivity index (χ0) is 14.9. The smallest absolute Gasteiger partial charge is 0.168 e. The SMILES string of the molecule is CC(C)Nc1nn(-c2ccc(Cl)cc2Cl)c(N)c1C#N. The molecule has 0 unspecified atom stereocenters. The second kappa shape index (κ2) is 5.61. The first-order chi connectivity index (χ1) is 9.43. The highest BCUT2D eigenvalue weighted by Crippen LogP contribution is 2.29. The molecule has 0 spiro atoms. The van der Waals surface area contributed by atoms with Gasteiger partial charge in [-0.05, 0) is 32.0 Å². The van der Waals surface area contributed by atoms with Crippen LogP contribution in [0.5, 0.6) is 0 Å². The number of nitrogens with two attached hydrogens (primary N) is 1. The topological polar surface area (TPSA) is 79.7 Å². The monoisotopic (exact) mass is 309 g/mol. The molecule has 7 heteroatoms. The van der Waals surface area contributed by atoms with E-state index in [-0.39, 0.29) is 11.9 Å². The summed E-state index contributed by atoms with van der Waals surface area (Å²) in [6.07, 6.45) is 0. The van der Waals surface area contributed by atoms with Crippen LogP contribution in [0.2, 0.25) is 10.0 Å². The Bertz CT molecular complexity index is 685. The summed E-state index contributed by atoms with van der Waals surface area (Å²) in [4.78, 5) is 0. The molecular formula is C13H13Cl2N5. The summed E-state index contributed by atoms with van der Waals surface area (Å²) in [7, 11) is 0. The molecule has 1 aromatic heterocycles. The molecule has 20 heavy (non-hydrogen) atoms. The zero-order valence-corrected chi connectivity index (χ0v) is 12.5. The van der Waals surface area contributed by atoms with Crippen LogP contribution in [0.25, 0.3) is 5.69 Å². The van der Waals surface area contributed by atoms with E-state index < -0.39 is 0 Å². The second-order valence-corrected chi connectivity index (χ2v) is 5.37. The predicted molar refractivity (Wildman–Crippen MR) is 81.5 cm³/mol. The maximum atomic E-state index is 9.21. The Balaban J connectivity index is 2.58. The summed E-state index contributed by atoms with van der Waals surface area (Å²) >= 11 is 12.0. The normalized spacial score (nSPS) is 10.6. The third-order valence-electron chi connectivity index (χ3n) is 2.60. The number of nitrogen functional groups attached to an aromatic ring is 1. The predicted octanol–water partition coefficient (Wildman–Crippen LogP) is 3.45. The highest BCUT2D eigenvalue weighted by atomic mass is 35.5. The molecule has 104 valence electrons. The highest BCUT2D eigenvalue weighted by Gasteiger charge is 2.18. The van der Waals surface area contributed by atoms with Crippen LogP contribution in [0.4, 0.5) is 11.6 Å². The molecule has 0 aliphatic heterocycles. The fourth-order valence-electron chi connectivity index (χ4n) is 1.75. The van der Waals surface area contributed by atoms with E-state index in [1.54, 1.807) is 18.2 Å². The Kier molecular flexibility index (Phi) is 4.07. The number of nitrogens with zero attached hydrogens (tertiary/aromatic N) is 3. The van der Waals surface area contributed by atoms with Crippen molar-refractivity contribution in [2.45, 2.75) is 19.9 Å². The summed E-state index contributed by atoms with van der Waals surface area (Å²) < 4.78 is 1.43. The van der Waals surface area contributed by atoms with Gasteiger partial charge in [0.25, 0.3) is 0 Å². The van der Waals surface area contributed by atoms with E-state index >= 15 is 0 Å². The minimum absolute atomic E-state index is 0.130. The molecule has 0 fully saturated rings. The van der Waals surface area contributed by atoms with Crippen LogP contribution >= 0.6 is 23.2 Å². The quantitative estimate of drug-likeness (QED) is 0.910. The number of hydrogen-bond donors (Lipinski definition) is 2. The van der Waals surface area contributed by atoms with E-state index in [4.69, 9.17) is 28.9 Å². The van der Waals surface area contributed by atoms with Crippen molar-refractivity contribution in [3.8, 4) is 11.8 Å². The molecule has 0 saturated heterocycles. The van der Waals surface area contributed by atoms with Crippen LogP contribution in [0, 0.1) is 11.3 Å². The van der Waals surface area contributed by atoms with Gasteiger partial charge in [-0.15, -0.1) is 5.10 Å². The van der Waals surface area contributed by atoms with Crippen molar-refractivity contribution in [2.24, 2.45) is 0 Å². The third-order valence-corrected chi connectivity index (χ3v) is 3.13. The Hall–Kier alpha value is -1.90. The first kappa shape index (κ1) is 14.5. The van der Waals surface area contributed by atoms with Crippen LogP contribution < -0.4 is 11.1 Å². The molecule has 0 amide bonds. The van der Waals surface area contributed by atoms with Gasteiger partial charge in [-0.3, -0.25) is 0 Å². The Morgan fingerprint density at radius 2 is 2.10 bits per heavy atom. The Morgan fingerprint density at radius 3 is 2.65 bits per heavy atom. The van der Waals surface area contributed by atoms with E-state index in [0.717, 1.165) is 0 Å². The van der Waals surface area contributed by atoms with Gasteiger partial charge in [-0.25, -0.2) is 4.68 Å². The summed E-state index contributed by atoms with van der Waals surface area (Å²) in [5.74, 6) is 0.672. The minimum Gasteiger partial charge on any atom is -0.382 e. The number of aromatic nitrogens is 2. The first-order valence-electron chi connectivity index (χ1n) is 5.94. The number of benzene rings is 1. The van der Waals surface area contributed by atoms with Gasteiger partial charge in [-0.1, -0.05) is 23.2 Å². The number of halogens is 2. The number of nitriles is 1. The second-order valence-electron chi connectivity index (χ2n) is 4.53. The molecule has 0 saturated carbocycles. The van der Waals surface area contributed by atoms with Crippen LogP contribution in [0.1, 0.15) is 19.4 Å². The minimum atomic E-state index is 0.130. The standard InChI is InChI=1S/C13H13Cl2N5/c1-7(2)18-13-9(6-16)12(17)20(19-13)11-4-3-8(14)5-10(11)15/h3-5,7H,17H2,1-2H3,(H,18,19). The van der Waals surface area contributed by atoms with Gasteiger partial charge in [0.1, 0.15) is 17.5 Å². The lowest BCUT2D eigenvalue weighted by molar-refractivity contribution is 0.850. The summed E-state index contributed by atoms with van der Waals surface area (Å²) in [6, 6.07) is 7.17. The van der Waals surface area contributed by atoms with E-state index in [0.29, 0.717) is 27.1 Å². The molecule has 2 rings (SSSR count). The van der Waals surface area contributed by atoms with Crippen molar-refractivity contribution in [1.29, 1.82) is 5.26 Å². The Labute approximate surface area is 126 Å². The van der Waals surface area contributed by atoms with Gasteiger partial charge in [0.2, 0.25) is 0 Å². The molecule has 0 bridgehead atoms. The largest absolute Gasteiger partial charge is 0.382 e. The molecule has 1 heterocycles. The highest BCUT2D eigenvalue weighted by molar-refractivity contribution is 6.35. The van der Waals surface area contributed by atoms with Gasteiger partial charge in [-0.2, -0.15) is 5.26 Å².